The number of hydrogen-bond donors (Lipinski definition) is 0. The van der Waals surface area contributed by atoms with E-state index in [0.29, 0.717) is 5.56 Å². The minimum Gasteiger partial charge on any atom is -0.482 e. The van der Waals surface area contributed by atoms with Crippen LogP contribution in [0.3, 0.4) is 0 Å². The maximum absolute atomic E-state index is 13.5. The molecule has 0 bridgehead atoms. The van der Waals surface area contributed by atoms with Gasteiger partial charge in [0.1, 0.15) is 6.61 Å². The van der Waals surface area contributed by atoms with E-state index in [1.807, 2.05) is 30.3 Å². The maximum atomic E-state index is 13.5. The second kappa shape index (κ2) is 11.0. The van der Waals surface area contributed by atoms with E-state index in [9.17, 15) is 9.59 Å². The normalized spacial score (nSPS) is 10.8. The Bertz CT molecular complexity index is 1190. The van der Waals surface area contributed by atoms with Crippen molar-refractivity contribution >= 4 is 5.91 Å². The Morgan fingerprint density at radius 1 is 1.00 bits per heavy atom. The summed E-state index contributed by atoms with van der Waals surface area (Å²) < 4.78 is 13.3. The summed E-state index contributed by atoms with van der Waals surface area (Å²) in [5.74, 6) is 0.157. The molecule has 3 aromatic rings. The molecule has 7 nitrogen and oxygen atoms in total. The van der Waals surface area contributed by atoms with Crippen LogP contribution in [0.15, 0.2) is 47.3 Å². The van der Waals surface area contributed by atoms with E-state index >= 15 is 0 Å². The van der Waals surface area contributed by atoms with Crippen molar-refractivity contribution in [2.75, 3.05) is 20.7 Å². The predicted octanol–water partition coefficient (Wildman–Crippen LogP) is 3.93. The Labute approximate surface area is 200 Å². The van der Waals surface area contributed by atoms with Crippen molar-refractivity contribution < 1.29 is 14.3 Å². The van der Waals surface area contributed by atoms with Crippen LogP contribution in [-0.4, -0.2) is 41.3 Å². The number of carbonyl (C=O) groups excluding carboxylic acids is 1. The Morgan fingerprint density at radius 3 is 2.18 bits per heavy atom. The summed E-state index contributed by atoms with van der Waals surface area (Å²) in [6, 6.07) is 13.9. The van der Waals surface area contributed by atoms with Crippen LogP contribution in [0.2, 0.25) is 0 Å². The average molecular weight is 464 g/mol. The second-order valence-corrected chi connectivity index (χ2v) is 8.45. The summed E-state index contributed by atoms with van der Waals surface area (Å²) >= 11 is 0. The number of hydrogen-bond acceptors (Lipinski definition) is 5. The second-order valence-electron chi connectivity index (χ2n) is 8.45. The summed E-state index contributed by atoms with van der Waals surface area (Å²) in [6.07, 6.45) is 1.51. The van der Waals surface area contributed by atoms with Crippen molar-refractivity contribution in [3.8, 4) is 22.8 Å². The Morgan fingerprint density at radius 2 is 1.62 bits per heavy atom. The van der Waals surface area contributed by atoms with Gasteiger partial charge in [-0.1, -0.05) is 61.9 Å². The number of ether oxygens (including phenoxy) is 2. The highest BCUT2D eigenvalue weighted by atomic mass is 16.5. The van der Waals surface area contributed by atoms with Crippen molar-refractivity contribution in [2.24, 2.45) is 7.05 Å². The molecule has 0 atom stereocenters. The largest absolute Gasteiger partial charge is 0.482 e. The van der Waals surface area contributed by atoms with E-state index in [4.69, 9.17) is 9.47 Å². The summed E-state index contributed by atoms with van der Waals surface area (Å²) in [5, 5.41) is 4.32. The molecule has 1 amide bonds. The van der Waals surface area contributed by atoms with Gasteiger partial charge in [-0.15, -0.1) is 5.10 Å². The van der Waals surface area contributed by atoms with Crippen LogP contribution in [-0.2, 0) is 31.3 Å². The lowest BCUT2D eigenvalue weighted by atomic mass is 9.90. The van der Waals surface area contributed by atoms with E-state index in [2.05, 4.69) is 38.0 Å². The summed E-state index contributed by atoms with van der Waals surface area (Å²) in [6.45, 7) is 6.22. The molecule has 0 radical (unpaired) electrons. The minimum atomic E-state index is -0.275. The summed E-state index contributed by atoms with van der Waals surface area (Å²) in [4.78, 5) is 27.2. The highest BCUT2D eigenvalue weighted by molar-refractivity contribution is 5.79. The monoisotopic (exact) mass is 463 g/mol. The lowest BCUT2D eigenvalue weighted by Crippen LogP contribution is -2.29. The highest BCUT2D eigenvalue weighted by Crippen LogP contribution is 2.39. The lowest BCUT2D eigenvalue weighted by Gasteiger charge is -2.21. The first-order valence-electron chi connectivity index (χ1n) is 11.5. The molecular weight excluding hydrogens is 430 g/mol. The highest BCUT2D eigenvalue weighted by Gasteiger charge is 2.25. The molecule has 2 aromatic carbocycles. The molecular formula is C27H33N3O4. The zero-order valence-corrected chi connectivity index (χ0v) is 20.8. The van der Waals surface area contributed by atoms with E-state index in [1.54, 1.807) is 21.1 Å². The number of nitrogens with zero attached hydrogens (tertiary/aromatic N) is 3. The van der Waals surface area contributed by atoms with Gasteiger partial charge in [0, 0.05) is 21.1 Å². The quantitative estimate of drug-likeness (QED) is 0.481. The number of amides is 1. The minimum absolute atomic E-state index is 0.118. The molecule has 0 aliphatic carbocycles. The number of rotatable bonds is 9. The molecule has 0 unspecified atom stereocenters. The van der Waals surface area contributed by atoms with Crippen LogP contribution in [0.4, 0.5) is 0 Å². The van der Waals surface area contributed by atoms with Crippen LogP contribution in [0.5, 0.6) is 11.6 Å². The van der Waals surface area contributed by atoms with Crippen LogP contribution >= 0.6 is 0 Å². The zero-order chi connectivity index (χ0) is 24.8. The van der Waals surface area contributed by atoms with Gasteiger partial charge in [-0.2, -0.15) is 0 Å². The topological polar surface area (TPSA) is 73.7 Å². The molecule has 180 valence electrons. The van der Waals surface area contributed by atoms with Crippen LogP contribution < -0.4 is 15.0 Å². The van der Waals surface area contributed by atoms with E-state index in [0.717, 1.165) is 40.7 Å². The molecule has 0 N–H and O–H groups in total. The molecule has 1 aromatic heterocycles. The van der Waals surface area contributed by atoms with Gasteiger partial charge >= 0.3 is 0 Å². The number of aromatic nitrogens is 2. The third-order valence-electron chi connectivity index (χ3n) is 5.68. The van der Waals surface area contributed by atoms with E-state index in [-0.39, 0.29) is 36.3 Å². The van der Waals surface area contributed by atoms with Crippen molar-refractivity contribution in [2.45, 2.75) is 40.2 Å². The van der Waals surface area contributed by atoms with Gasteiger partial charge in [0.2, 0.25) is 0 Å². The molecule has 7 heteroatoms. The fraction of sp³-hybridized carbons (Fsp3) is 0.370. The number of benzene rings is 2. The van der Waals surface area contributed by atoms with E-state index in [1.165, 1.54) is 9.58 Å². The van der Waals surface area contributed by atoms with Crippen molar-refractivity contribution in [1.29, 1.82) is 0 Å². The van der Waals surface area contributed by atoms with Gasteiger partial charge in [-0.3, -0.25) is 9.59 Å². The lowest BCUT2D eigenvalue weighted by molar-refractivity contribution is -0.130. The van der Waals surface area contributed by atoms with Gasteiger partial charge in [-0.25, -0.2) is 4.68 Å². The predicted molar refractivity (Wildman–Crippen MR) is 133 cm³/mol. The molecule has 3 rings (SSSR count). The summed E-state index contributed by atoms with van der Waals surface area (Å²) in [5.41, 5.74) is 5.19. The molecule has 0 saturated heterocycles. The van der Waals surface area contributed by atoms with Crippen molar-refractivity contribution in [3.05, 3.63) is 75.1 Å². The fourth-order valence-electron chi connectivity index (χ4n) is 3.85. The first-order chi connectivity index (χ1) is 16.3. The van der Waals surface area contributed by atoms with Gasteiger partial charge in [-0.05, 0) is 42.0 Å². The number of aryl methyl sites for hydroxylation is 4. The average Bonchev–Trinajstić information content (AvgIpc) is 2.83. The first-order valence-corrected chi connectivity index (χ1v) is 11.5. The first kappa shape index (κ1) is 25.0. The fourth-order valence-corrected chi connectivity index (χ4v) is 3.85. The van der Waals surface area contributed by atoms with Gasteiger partial charge in [0.25, 0.3) is 17.3 Å². The number of likely N-dealkylation sites (N-methyl/N-ethyl adjacent to an activating group) is 1. The molecule has 0 aliphatic heterocycles. The van der Waals surface area contributed by atoms with E-state index < -0.39 is 0 Å². The van der Waals surface area contributed by atoms with Crippen molar-refractivity contribution in [1.82, 2.24) is 14.7 Å². The Kier molecular flexibility index (Phi) is 8.10. The van der Waals surface area contributed by atoms with Gasteiger partial charge in [0.15, 0.2) is 12.4 Å². The van der Waals surface area contributed by atoms with Gasteiger partial charge in [0.05, 0.1) is 5.56 Å². The molecule has 1 heterocycles. The smallest absolute Gasteiger partial charge is 0.278 e. The maximum Gasteiger partial charge on any atom is 0.278 e. The SMILES string of the molecule is CCc1cc(C)cc(CC)c1-c1c(OCc2ccccc2)c(OCC(=O)N(C)C)nn(C)c1=O. The molecule has 0 spiro atoms. The van der Waals surface area contributed by atoms with Crippen molar-refractivity contribution in [3.63, 3.8) is 0 Å². The van der Waals surface area contributed by atoms with Gasteiger partial charge < -0.3 is 14.4 Å². The van der Waals surface area contributed by atoms with Crippen LogP contribution in [0, 0.1) is 6.92 Å². The Hall–Kier alpha value is -3.61. The zero-order valence-electron chi connectivity index (χ0n) is 20.8. The number of carbonyl (C=O) groups is 1. The summed E-state index contributed by atoms with van der Waals surface area (Å²) in [7, 11) is 4.90. The third-order valence-corrected chi connectivity index (χ3v) is 5.68. The molecule has 0 fully saturated rings. The molecule has 34 heavy (non-hydrogen) atoms. The van der Waals surface area contributed by atoms with Crippen LogP contribution in [0.1, 0.15) is 36.1 Å². The molecule has 0 saturated carbocycles. The third kappa shape index (κ3) is 5.47. The van der Waals surface area contributed by atoms with Crippen LogP contribution in [0.25, 0.3) is 11.1 Å². The standard InChI is InChI=1S/C27H33N3O4/c1-7-20-14-18(3)15-21(8-2)23(20)24-25(33-16-19-12-10-9-11-13-19)26(28-30(6)27(24)32)34-17-22(31)29(4)5/h9-15H,7-8,16-17H2,1-6H3. The Balaban J connectivity index is 2.23. The molecule has 0 aliphatic rings.